The number of fused-ring (bicyclic) bond motifs is 1. The summed E-state index contributed by atoms with van der Waals surface area (Å²) in [7, 11) is -1.73. The molecule has 1 aromatic rings. The second kappa shape index (κ2) is 10.1. The Bertz CT molecular complexity index is 781. The average Bonchev–Trinajstić information content (AvgIpc) is 2.87. The number of aliphatic imine (C=N–C) groups is 1. The molecule has 0 saturated carbocycles. The standard InChI is InChI=1S/C18H28N4O3S.ClH/c1-13(2)15(19)10-12-22(3)17(23)9-6-11-20-18-14-7-4-5-8-16(14)26(24,25)21-18;/h4-5,7-8,13,15H,6,9-12,19H2,1-3H3,(H,20,21);1H. The van der Waals surface area contributed by atoms with Crippen LogP contribution in [0.2, 0.25) is 0 Å². The summed E-state index contributed by atoms with van der Waals surface area (Å²) in [6, 6.07) is 6.83. The van der Waals surface area contributed by atoms with Crippen LogP contribution in [0.1, 0.15) is 38.7 Å². The maximum Gasteiger partial charge on any atom is 0.263 e. The van der Waals surface area contributed by atoms with Crippen LogP contribution in [-0.2, 0) is 14.8 Å². The van der Waals surface area contributed by atoms with Crippen LogP contribution in [0, 0.1) is 5.92 Å². The Morgan fingerprint density at radius 3 is 2.63 bits per heavy atom. The van der Waals surface area contributed by atoms with E-state index < -0.39 is 10.0 Å². The first-order valence-electron chi connectivity index (χ1n) is 8.88. The number of nitrogens with one attached hydrogen (secondary N) is 1. The minimum atomic E-state index is -3.51. The van der Waals surface area contributed by atoms with Crippen LogP contribution < -0.4 is 10.5 Å². The van der Waals surface area contributed by atoms with Crippen molar-refractivity contribution in [3.8, 4) is 0 Å². The van der Waals surface area contributed by atoms with Gasteiger partial charge in [-0.2, -0.15) is 0 Å². The third kappa shape index (κ3) is 6.19. The second-order valence-corrected chi connectivity index (χ2v) is 8.60. The fraction of sp³-hybridized carbons (Fsp3) is 0.556. The van der Waals surface area contributed by atoms with Gasteiger partial charge < -0.3 is 10.6 Å². The van der Waals surface area contributed by atoms with Crippen molar-refractivity contribution in [1.29, 1.82) is 0 Å². The van der Waals surface area contributed by atoms with Crippen molar-refractivity contribution in [2.24, 2.45) is 16.6 Å². The lowest BCUT2D eigenvalue weighted by atomic mass is 10.0. The lowest BCUT2D eigenvalue weighted by Gasteiger charge is -2.21. The summed E-state index contributed by atoms with van der Waals surface area (Å²) in [6.45, 7) is 5.17. The second-order valence-electron chi connectivity index (χ2n) is 6.95. The van der Waals surface area contributed by atoms with Gasteiger partial charge in [-0.15, -0.1) is 12.4 Å². The fourth-order valence-corrected chi connectivity index (χ4v) is 3.91. The van der Waals surface area contributed by atoms with E-state index >= 15 is 0 Å². The van der Waals surface area contributed by atoms with Crippen LogP contribution in [0.5, 0.6) is 0 Å². The zero-order valence-electron chi connectivity index (χ0n) is 16.0. The highest BCUT2D eigenvalue weighted by Crippen LogP contribution is 2.22. The zero-order chi connectivity index (χ0) is 19.3. The Hall–Kier alpha value is -1.64. The van der Waals surface area contributed by atoms with Gasteiger partial charge in [0, 0.05) is 38.2 Å². The molecule has 1 atom stereocenters. The largest absolute Gasteiger partial charge is 0.346 e. The van der Waals surface area contributed by atoms with Gasteiger partial charge in [-0.3, -0.25) is 14.5 Å². The maximum absolute atomic E-state index is 12.1. The predicted octanol–water partition coefficient (Wildman–Crippen LogP) is 1.76. The number of amides is 1. The molecule has 0 saturated heterocycles. The van der Waals surface area contributed by atoms with Crippen LogP contribution in [0.4, 0.5) is 0 Å². The number of nitrogens with two attached hydrogens (primary N) is 1. The molecule has 0 spiro atoms. The van der Waals surface area contributed by atoms with E-state index in [2.05, 4.69) is 23.6 Å². The molecule has 152 valence electrons. The van der Waals surface area contributed by atoms with E-state index in [4.69, 9.17) is 5.73 Å². The van der Waals surface area contributed by atoms with Gasteiger partial charge in [0.15, 0.2) is 0 Å². The molecule has 1 unspecified atom stereocenters. The van der Waals surface area contributed by atoms with Gasteiger partial charge in [-0.25, -0.2) is 8.42 Å². The first-order valence-corrected chi connectivity index (χ1v) is 10.4. The van der Waals surface area contributed by atoms with Gasteiger partial charge in [0.2, 0.25) is 5.91 Å². The van der Waals surface area contributed by atoms with Crippen molar-refractivity contribution in [3.63, 3.8) is 0 Å². The third-order valence-corrected chi connectivity index (χ3v) is 5.96. The van der Waals surface area contributed by atoms with Gasteiger partial charge in [0.25, 0.3) is 10.0 Å². The van der Waals surface area contributed by atoms with Gasteiger partial charge in [0.1, 0.15) is 5.84 Å². The van der Waals surface area contributed by atoms with Crippen molar-refractivity contribution < 1.29 is 13.2 Å². The molecule has 0 bridgehead atoms. The van der Waals surface area contributed by atoms with E-state index in [0.29, 0.717) is 43.2 Å². The summed E-state index contributed by atoms with van der Waals surface area (Å²) in [4.78, 5) is 18.4. The van der Waals surface area contributed by atoms with Crippen LogP contribution >= 0.6 is 12.4 Å². The van der Waals surface area contributed by atoms with Crippen LogP contribution in [0.3, 0.4) is 0 Å². The number of rotatable bonds is 8. The molecule has 27 heavy (non-hydrogen) atoms. The number of nitrogens with zero attached hydrogens (tertiary/aromatic N) is 2. The van der Waals surface area contributed by atoms with Crippen molar-refractivity contribution in [3.05, 3.63) is 29.8 Å². The molecule has 1 amide bonds. The Morgan fingerprint density at radius 2 is 1.96 bits per heavy atom. The van der Waals surface area contributed by atoms with Crippen molar-refractivity contribution >= 4 is 34.2 Å². The number of hydrogen-bond donors (Lipinski definition) is 2. The highest BCUT2D eigenvalue weighted by molar-refractivity contribution is 7.90. The number of sulfonamides is 1. The maximum atomic E-state index is 12.1. The summed E-state index contributed by atoms with van der Waals surface area (Å²) in [6.07, 6.45) is 1.71. The molecule has 7 nitrogen and oxygen atoms in total. The summed E-state index contributed by atoms with van der Waals surface area (Å²) >= 11 is 0. The highest BCUT2D eigenvalue weighted by Gasteiger charge is 2.29. The Labute approximate surface area is 167 Å². The fourth-order valence-electron chi connectivity index (χ4n) is 2.66. The lowest BCUT2D eigenvalue weighted by Crippen LogP contribution is -2.34. The van der Waals surface area contributed by atoms with E-state index in [-0.39, 0.29) is 29.3 Å². The smallest absolute Gasteiger partial charge is 0.263 e. The van der Waals surface area contributed by atoms with E-state index in [0.717, 1.165) is 6.42 Å². The van der Waals surface area contributed by atoms with Crippen molar-refractivity contribution in [2.75, 3.05) is 20.1 Å². The third-order valence-electron chi connectivity index (χ3n) is 4.56. The predicted molar refractivity (Wildman–Crippen MR) is 110 cm³/mol. The first-order chi connectivity index (χ1) is 12.2. The normalized spacial score (nSPS) is 17.1. The lowest BCUT2D eigenvalue weighted by molar-refractivity contribution is -0.130. The van der Waals surface area contributed by atoms with Crippen LogP contribution in [-0.4, -0.2) is 51.2 Å². The molecule has 0 aliphatic carbocycles. The monoisotopic (exact) mass is 416 g/mol. The van der Waals surface area contributed by atoms with Gasteiger partial charge >= 0.3 is 0 Å². The van der Waals surface area contributed by atoms with E-state index in [1.54, 1.807) is 36.2 Å². The minimum absolute atomic E-state index is 0. The topological polar surface area (TPSA) is 105 Å². The Balaban J connectivity index is 0.00000364. The summed E-state index contributed by atoms with van der Waals surface area (Å²) in [5.41, 5.74) is 6.59. The molecule has 1 aromatic carbocycles. The molecule has 1 aliphatic heterocycles. The first kappa shape index (κ1) is 23.4. The van der Waals surface area contributed by atoms with Gasteiger partial charge in [-0.1, -0.05) is 26.0 Å². The van der Waals surface area contributed by atoms with Crippen molar-refractivity contribution in [1.82, 2.24) is 9.62 Å². The number of carbonyl (C=O) groups is 1. The molecule has 0 aromatic heterocycles. The minimum Gasteiger partial charge on any atom is -0.346 e. The van der Waals surface area contributed by atoms with Crippen molar-refractivity contribution in [2.45, 2.75) is 44.0 Å². The Kier molecular flexibility index (Phi) is 8.71. The van der Waals surface area contributed by atoms with Gasteiger partial charge in [0.05, 0.1) is 4.90 Å². The number of amidine groups is 1. The van der Waals surface area contributed by atoms with Crippen LogP contribution in [0.15, 0.2) is 34.2 Å². The average molecular weight is 417 g/mol. The molecular weight excluding hydrogens is 388 g/mol. The number of halogens is 1. The van der Waals surface area contributed by atoms with E-state index in [9.17, 15) is 13.2 Å². The summed E-state index contributed by atoms with van der Waals surface area (Å²) in [5, 5.41) is 0. The highest BCUT2D eigenvalue weighted by atomic mass is 35.5. The SMILES string of the molecule is CC(C)C(N)CCN(C)C(=O)CCCN=C1NS(=O)(=O)c2ccccc21.Cl. The summed E-state index contributed by atoms with van der Waals surface area (Å²) in [5.74, 6) is 0.797. The van der Waals surface area contributed by atoms with E-state index in [1.807, 2.05) is 0 Å². The molecular formula is C18H29ClN4O3S. The number of hydrogen-bond acceptors (Lipinski definition) is 5. The van der Waals surface area contributed by atoms with Crippen LogP contribution in [0.25, 0.3) is 0 Å². The molecule has 0 radical (unpaired) electrons. The molecule has 2 rings (SSSR count). The number of benzene rings is 1. The van der Waals surface area contributed by atoms with Gasteiger partial charge in [-0.05, 0) is 30.9 Å². The van der Waals surface area contributed by atoms with E-state index in [1.165, 1.54) is 0 Å². The Morgan fingerprint density at radius 1 is 1.30 bits per heavy atom. The molecule has 1 heterocycles. The molecule has 0 fully saturated rings. The zero-order valence-corrected chi connectivity index (χ0v) is 17.6. The molecule has 9 heteroatoms. The summed E-state index contributed by atoms with van der Waals surface area (Å²) < 4.78 is 26.5. The number of carbonyl (C=O) groups excluding carboxylic acids is 1. The molecule has 1 aliphatic rings. The molecule has 3 N–H and O–H groups in total. The quantitative estimate of drug-likeness (QED) is 0.630.